The van der Waals surface area contributed by atoms with E-state index < -0.39 is 10.2 Å². The van der Waals surface area contributed by atoms with Gasteiger partial charge in [-0.05, 0) is 12.8 Å². The van der Waals surface area contributed by atoms with E-state index in [1.165, 1.54) is 11.2 Å². The summed E-state index contributed by atoms with van der Waals surface area (Å²) in [7, 11) is -3.28. The molecule has 0 saturated carbocycles. The number of carbonyl (C=O) groups is 1. The average molecular weight is 261 g/mol. The molecule has 2 rings (SSSR count). The van der Waals surface area contributed by atoms with Crippen LogP contribution < -0.4 is 0 Å². The SMILES string of the molecule is CC(=O)N1CCN(S(=O)(=O)N2CCCC2)CC1. The van der Waals surface area contributed by atoms with Gasteiger partial charge in [0.1, 0.15) is 0 Å². The molecule has 17 heavy (non-hydrogen) atoms. The molecule has 7 heteroatoms. The van der Waals surface area contributed by atoms with Crippen LogP contribution in [0.4, 0.5) is 0 Å². The van der Waals surface area contributed by atoms with Crippen LogP contribution in [0.5, 0.6) is 0 Å². The van der Waals surface area contributed by atoms with Crippen molar-refractivity contribution in [2.45, 2.75) is 19.8 Å². The minimum atomic E-state index is -3.28. The molecule has 2 heterocycles. The van der Waals surface area contributed by atoms with Crippen LogP contribution in [-0.4, -0.2) is 67.1 Å². The summed E-state index contributed by atoms with van der Waals surface area (Å²) in [4.78, 5) is 12.8. The summed E-state index contributed by atoms with van der Waals surface area (Å²) < 4.78 is 27.5. The second-order valence-electron chi connectivity index (χ2n) is 4.52. The lowest BCUT2D eigenvalue weighted by atomic mass is 10.3. The molecule has 0 aliphatic carbocycles. The Kier molecular flexibility index (Phi) is 3.70. The Bertz CT molecular complexity index is 382. The first-order chi connectivity index (χ1) is 8.01. The van der Waals surface area contributed by atoms with Crippen LogP contribution in [0, 0.1) is 0 Å². The first kappa shape index (κ1) is 12.8. The molecule has 2 saturated heterocycles. The fourth-order valence-electron chi connectivity index (χ4n) is 2.32. The minimum absolute atomic E-state index is 0.0169. The molecule has 98 valence electrons. The highest BCUT2D eigenvalue weighted by molar-refractivity contribution is 7.86. The third-order valence-corrected chi connectivity index (χ3v) is 5.44. The van der Waals surface area contributed by atoms with Gasteiger partial charge < -0.3 is 4.90 Å². The van der Waals surface area contributed by atoms with Gasteiger partial charge in [-0.3, -0.25) is 4.79 Å². The Morgan fingerprint density at radius 1 is 0.882 bits per heavy atom. The smallest absolute Gasteiger partial charge is 0.282 e. The van der Waals surface area contributed by atoms with Crippen molar-refractivity contribution < 1.29 is 13.2 Å². The van der Waals surface area contributed by atoms with Crippen molar-refractivity contribution in [2.24, 2.45) is 0 Å². The van der Waals surface area contributed by atoms with Crippen molar-refractivity contribution in [3.8, 4) is 0 Å². The van der Waals surface area contributed by atoms with E-state index in [1.54, 1.807) is 9.21 Å². The van der Waals surface area contributed by atoms with E-state index in [-0.39, 0.29) is 5.91 Å². The maximum Gasteiger partial charge on any atom is 0.282 e. The molecule has 6 nitrogen and oxygen atoms in total. The predicted molar refractivity (Wildman–Crippen MR) is 63.6 cm³/mol. The maximum absolute atomic E-state index is 12.2. The van der Waals surface area contributed by atoms with Gasteiger partial charge in [0, 0.05) is 46.2 Å². The third-order valence-electron chi connectivity index (χ3n) is 3.40. The highest BCUT2D eigenvalue weighted by Gasteiger charge is 2.33. The number of rotatable bonds is 2. The molecular formula is C10H19N3O3S. The van der Waals surface area contributed by atoms with Crippen LogP contribution in [0.15, 0.2) is 0 Å². The van der Waals surface area contributed by atoms with E-state index in [9.17, 15) is 13.2 Å². The molecule has 0 radical (unpaired) electrons. The lowest BCUT2D eigenvalue weighted by Crippen LogP contribution is -2.53. The number of nitrogens with zero attached hydrogens (tertiary/aromatic N) is 3. The largest absolute Gasteiger partial charge is 0.340 e. The summed E-state index contributed by atoms with van der Waals surface area (Å²) in [5, 5.41) is 0. The summed E-state index contributed by atoms with van der Waals surface area (Å²) in [6.07, 6.45) is 1.90. The Labute approximate surface area is 102 Å². The van der Waals surface area contributed by atoms with E-state index in [2.05, 4.69) is 0 Å². The fourth-order valence-corrected chi connectivity index (χ4v) is 3.99. The highest BCUT2D eigenvalue weighted by atomic mass is 32.2. The van der Waals surface area contributed by atoms with Crippen molar-refractivity contribution in [2.75, 3.05) is 39.3 Å². The molecule has 2 fully saturated rings. The average Bonchev–Trinajstić information content (AvgIpc) is 2.83. The molecule has 2 aliphatic heterocycles. The van der Waals surface area contributed by atoms with E-state index in [0.29, 0.717) is 39.3 Å². The standard InChI is InChI=1S/C10H19N3O3S/c1-10(14)11-6-8-13(9-7-11)17(15,16)12-4-2-3-5-12/h2-9H2,1H3. The second kappa shape index (κ2) is 4.91. The van der Waals surface area contributed by atoms with Crippen molar-refractivity contribution in [3.05, 3.63) is 0 Å². The zero-order valence-corrected chi connectivity index (χ0v) is 10.9. The lowest BCUT2D eigenvalue weighted by molar-refractivity contribution is -0.130. The van der Waals surface area contributed by atoms with Gasteiger partial charge in [-0.2, -0.15) is 17.0 Å². The van der Waals surface area contributed by atoms with Gasteiger partial charge in [0.2, 0.25) is 5.91 Å². The monoisotopic (exact) mass is 261 g/mol. The number of amides is 1. The molecule has 0 bridgehead atoms. The van der Waals surface area contributed by atoms with Gasteiger partial charge in [0.25, 0.3) is 10.2 Å². The summed E-state index contributed by atoms with van der Waals surface area (Å²) in [5.41, 5.74) is 0. The number of piperazine rings is 1. The molecule has 0 spiro atoms. The zero-order chi connectivity index (χ0) is 12.5. The van der Waals surface area contributed by atoms with Crippen LogP contribution in [0.2, 0.25) is 0 Å². The molecule has 0 aromatic rings. The van der Waals surface area contributed by atoms with Crippen molar-refractivity contribution >= 4 is 16.1 Å². The van der Waals surface area contributed by atoms with E-state index in [1.807, 2.05) is 0 Å². The lowest BCUT2D eigenvalue weighted by Gasteiger charge is -2.35. The third kappa shape index (κ3) is 2.61. The molecule has 1 amide bonds. The zero-order valence-electron chi connectivity index (χ0n) is 10.1. The van der Waals surface area contributed by atoms with Crippen molar-refractivity contribution in [1.82, 2.24) is 13.5 Å². The predicted octanol–water partition coefficient (Wildman–Crippen LogP) is -0.509. The minimum Gasteiger partial charge on any atom is -0.340 e. The highest BCUT2D eigenvalue weighted by Crippen LogP contribution is 2.17. The van der Waals surface area contributed by atoms with Crippen molar-refractivity contribution in [1.29, 1.82) is 0 Å². The molecule has 0 aromatic carbocycles. The van der Waals surface area contributed by atoms with Gasteiger partial charge >= 0.3 is 0 Å². The first-order valence-electron chi connectivity index (χ1n) is 6.02. The van der Waals surface area contributed by atoms with Crippen LogP contribution in [-0.2, 0) is 15.0 Å². The Hall–Kier alpha value is -0.660. The maximum atomic E-state index is 12.2. The summed E-state index contributed by atoms with van der Waals surface area (Å²) >= 11 is 0. The number of hydrogen-bond acceptors (Lipinski definition) is 3. The number of hydrogen-bond donors (Lipinski definition) is 0. The Morgan fingerprint density at radius 2 is 1.35 bits per heavy atom. The summed E-state index contributed by atoms with van der Waals surface area (Å²) in [5.74, 6) is 0.0169. The molecule has 0 atom stereocenters. The normalized spacial score (nSPS) is 24.2. The van der Waals surface area contributed by atoms with Crippen LogP contribution in [0.1, 0.15) is 19.8 Å². The fraction of sp³-hybridized carbons (Fsp3) is 0.900. The Balaban J connectivity index is 1.98. The first-order valence-corrected chi connectivity index (χ1v) is 7.42. The van der Waals surface area contributed by atoms with Crippen molar-refractivity contribution in [3.63, 3.8) is 0 Å². The number of carbonyl (C=O) groups excluding carboxylic acids is 1. The van der Waals surface area contributed by atoms with Gasteiger partial charge in [0.15, 0.2) is 0 Å². The summed E-state index contributed by atoms with van der Waals surface area (Å²) in [6, 6.07) is 0. The molecule has 0 N–H and O–H groups in total. The van der Waals surface area contributed by atoms with E-state index in [4.69, 9.17) is 0 Å². The molecular weight excluding hydrogens is 242 g/mol. The van der Waals surface area contributed by atoms with Gasteiger partial charge in [-0.1, -0.05) is 0 Å². The summed E-state index contributed by atoms with van der Waals surface area (Å²) in [6.45, 7) is 4.62. The molecule has 0 aromatic heterocycles. The van der Waals surface area contributed by atoms with Gasteiger partial charge in [0.05, 0.1) is 0 Å². The van der Waals surface area contributed by atoms with E-state index >= 15 is 0 Å². The molecule has 0 unspecified atom stereocenters. The van der Waals surface area contributed by atoms with Gasteiger partial charge in [-0.25, -0.2) is 0 Å². The topological polar surface area (TPSA) is 60.9 Å². The second-order valence-corrected chi connectivity index (χ2v) is 6.45. The van der Waals surface area contributed by atoms with Crippen LogP contribution in [0.25, 0.3) is 0 Å². The van der Waals surface area contributed by atoms with Crippen LogP contribution in [0.3, 0.4) is 0 Å². The van der Waals surface area contributed by atoms with E-state index in [0.717, 1.165) is 12.8 Å². The Morgan fingerprint density at radius 3 is 1.82 bits per heavy atom. The molecule has 2 aliphatic rings. The quantitative estimate of drug-likeness (QED) is 0.673. The van der Waals surface area contributed by atoms with Gasteiger partial charge in [-0.15, -0.1) is 0 Å². The van der Waals surface area contributed by atoms with Crippen LogP contribution >= 0.6 is 0 Å².